The molecule has 4 rings (SSSR count). The highest BCUT2D eigenvalue weighted by Crippen LogP contribution is 2.41. The number of methoxy groups -OCH3 is 1. The summed E-state index contributed by atoms with van der Waals surface area (Å²) in [4.78, 5) is 0. The first-order valence-corrected chi connectivity index (χ1v) is 10.6. The van der Waals surface area contributed by atoms with Crippen molar-refractivity contribution in [1.29, 1.82) is 0 Å². The molecule has 0 amide bonds. The van der Waals surface area contributed by atoms with Crippen LogP contribution in [0, 0.1) is 0 Å². The van der Waals surface area contributed by atoms with Crippen LogP contribution >= 0.6 is 0 Å². The van der Waals surface area contributed by atoms with E-state index in [1.54, 1.807) is 0 Å². The minimum absolute atomic E-state index is 0.0521. The fourth-order valence-corrected chi connectivity index (χ4v) is 4.22. The topological polar surface area (TPSA) is 88.4 Å². The summed E-state index contributed by atoms with van der Waals surface area (Å²) in [5, 5.41) is 30.9. The Morgan fingerprint density at radius 3 is 1.53 bits per heavy atom. The Morgan fingerprint density at radius 2 is 1.12 bits per heavy atom. The average molecular weight is 437 g/mol. The van der Waals surface area contributed by atoms with Crippen LogP contribution < -0.4 is 0 Å². The molecule has 1 heterocycles. The van der Waals surface area contributed by atoms with Gasteiger partial charge in [0.2, 0.25) is 0 Å². The van der Waals surface area contributed by atoms with Crippen molar-refractivity contribution in [1.82, 2.24) is 0 Å². The highest BCUT2D eigenvalue weighted by atomic mass is 16.7. The number of hydrogen-bond donors (Lipinski definition) is 3. The van der Waals surface area contributed by atoms with Gasteiger partial charge in [0.25, 0.3) is 0 Å². The van der Waals surface area contributed by atoms with Gasteiger partial charge in [-0.15, -0.1) is 0 Å². The van der Waals surface area contributed by atoms with Crippen LogP contribution in [0.2, 0.25) is 0 Å². The van der Waals surface area contributed by atoms with Crippen LogP contribution in [0.3, 0.4) is 0 Å². The van der Waals surface area contributed by atoms with Crippen LogP contribution in [-0.4, -0.2) is 59.7 Å². The molecule has 6 nitrogen and oxygen atoms in total. The minimum atomic E-state index is -1.41. The van der Waals surface area contributed by atoms with E-state index in [0.29, 0.717) is 0 Å². The molecule has 3 aromatic carbocycles. The summed E-state index contributed by atoms with van der Waals surface area (Å²) in [6, 6.07) is 29.5. The fraction of sp³-hybridized carbons (Fsp3) is 0.308. The first kappa shape index (κ1) is 22.6. The van der Waals surface area contributed by atoms with Gasteiger partial charge in [-0.2, -0.15) is 0 Å². The molecule has 0 radical (unpaired) electrons. The molecule has 0 bridgehead atoms. The SMILES string of the molecule is COC1OC(COC(c2ccccc2)(c2ccccc2)c2ccccc2)C(O)C(O)C1O. The molecular weight excluding hydrogens is 408 g/mol. The Labute approximate surface area is 187 Å². The van der Waals surface area contributed by atoms with Gasteiger partial charge in [0.15, 0.2) is 6.29 Å². The summed E-state index contributed by atoms with van der Waals surface area (Å²) in [7, 11) is 1.37. The Balaban J connectivity index is 1.77. The van der Waals surface area contributed by atoms with Crippen LogP contribution in [0.4, 0.5) is 0 Å². The molecule has 3 N–H and O–H groups in total. The van der Waals surface area contributed by atoms with Crippen molar-refractivity contribution in [2.75, 3.05) is 13.7 Å². The summed E-state index contributed by atoms with van der Waals surface area (Å²) < 4.78 is 17.5. The van der Waals surface area contributed by atoms with Gasteiger partial charge >= 0.3 is 0 Å². The number of hydrogen-bond acceptors (Lipinski definition) is 6. The largest absolute Gasteiger partial charge is 0.387 e. The minimum Gasteiger partial charge on any atom is -0.387 e. The summed E-state index contributed by atoms with van der Waals surface area (Å²) in [6.07, 6.45) is -6.08. The van der Waals surface area contributed by atoms with Crippen molar-refractivity contribution < 1.29 is 29.5 Å². The van der Waals surface area contributed by atoms with Gasteiger partial charge in [0, 0.05) is 7.11 Å². The zero-order chi connectivity index (χ0) is 22.6. The highest BCUT2D eigenvalue weighted by molar-refractivity contribution is 5.47. The van der Waals surface area contributed by atoms with Gasteiger partial charge < -0.3 is 29.5 Å². The molecule has 0 aromatic heterocycles. The number of ether oxygens (including phenoxy) is 3. The summed E-state index contributed by atoms with van der Waals surface area (Å²) in [6.45, 7) is -0.0521. The first-order valence-electron chi connectivity index (χ1n) is 10.6. The molecule has 1 fully saturated rings. The van der Waals surface area contributed by atoms with Crippen molar-refractivity contribution in [3.8, 4) is 0 Å². The van der Waals surface area contributed by atoms with E-state index in [1.807, 2.05) is 91.0 Å². The second kappa shape index (κ2) is 9.92. The van der Waals surface area contributed by atoms with Crippen LogP contribution in [-0.2, 0) is 19.8 Å². The molecule has 1 aliphatic heterocycles. The summed E-state index contributed by atoms with van der Waals surface area (Å²) in [5.41, 5.74) is 1.74. The van der Waals surface area contributed by atoms with Crippen molar-refractivity contribution >= 4 is 0 Å². The molecule has 5 unspecified atom stereocenters. The lowest BCUT2D eigenvalue weighted by molar-refractivity contribution is -0.299. The Morgan fingerprint density at radius 1 is 0.688 bits per heavy atom. The second-order valence-electron chi connectivity index (χ2n) is 7.84. The smallest absolute Gasteiger partial charge is 0.186 e. The lowest BCUT2D eigenvalue weighted by Crippen LogP contribution is -2.59. The monoisotopic (exact) mass is 436 g/mol. The van der Waals surface area contributed by atoms with E-state index in [-0.39, 0.29) is 6.61 Å². The molecule has 5 atom stereocenters. The average Bonchev–Trinajstić information content (AvgIpc) is 2.86. The van der Waals surface area contributed by atoms with Gasteiger partial charge in [-0.1, -0.05) is 91.0 Å². The zero-order valence-electron chi connectivity index (χ0n) is 17.8. The fourth-order valence-electron chi connectivity index (χ4n) is 4.22. The van der Waals surface area contributed by atoms with E-state index < -0.39 is 36.3 Å². The Bertz CT molecular complexity index is 867. The first-order chi connectivity index (χ1) is 15.6. The maximum atomic E-state index is 10.6. The Kier molecular flexibility index (Phi) is 7.01. The van der Waals surface area contributed by atoms with E-state index in [1.165, 1.54) is 7.11 Å². The van der Waals surface area contributed by atoms with Gasteiger partial charge in [-0.25, -0.2) is 0 Å². The molecule has 0 saturated carbocycles. The molecule has 3 aromatic rings. The number of benzene rings is 3. The van der Waals surface area contributed by atoms with Gasteiger partial charge in [0.05, 0.1) is 6.61 Å². The maximum absolute atomic E-state index is 10.6. The van der Waals surface area contributed by atoms with E-state index in [2.05, 4.69) is 0 Å². The standard InChI is InChI=1S/C26H28O6/c1-30-25-24(29)23(28)22(27)21(32-25)17-31-26(18-11-5-2-6-12-18,19-13-7-3-8-14-19)20-15-9-4-10-16-20/h2-16,21-25,27-29H,17H2,1H3. The second-order valence-corrected chi connectivity index (χ2v) is 7.84. The van der Waals surface area contributed by atoms with Gasteiger partial charge in [-0.05, 0) is 16.7 Å². The molecule has 6 heteroatoms. The zero-order valence-corrected chi connectivity index (χ0v) is 17.8. The molecule has 168 valence electrons. The van der Waals surface area contributed by atoms with Crippen LogP contribution in [0.1, 0.15) is 16.7 Å². The lowest BCUT2D eigenvalue weighted by atomic mass is 9.80. The molecule has 0 aliphatic carbocycles. The molecular formula is C26H28O6. The van der Waals surface area contributed by atoms with Crippen LogP contribution in [0.15, 0.2) is 91.0 Å². The van der Waals surface area contributed by atoms with E-state index in [0.717, 1.165) is 16.7 Å². The van der Waals surface area contributed by atoms with E-state index >= 15 is 0 Å². The maximum Gasteiger partial charge on any atom is 0.186 e. The Hall–Kier alpha value is -2.58. The quantitative estimate of drug-likeness (QED) is 0.493. The number of aliphatic hydroxyl groups is 3. The predicted octanol–water partition coefficient (Wildman–Crippen LogP) is 2.45. The third kappa shape index (κ3) is 4.21. The third-order valence-electron chi connectivity index (χ3n) is 5.91. The molecule has 1 saturated heterocycles. The van der Waals surface area contributed by atoms with Crippen molar-refractivity contribution in [3.63, 3.8) is 0 Å². The summed E-state index contributed by atoms with van der Waals surface area (Å²) >= 11 is 0. The number of aliphatic hydroxyl groups excluding tert-OH is 3. The van der Waals surface area contributed by atoms with Crippen molar-refractivity contribution in [2.24, 2.45) is 0 Å². The highest BCUT2D eigenvalue weighted by Gasteiger charge is 2.46. The molecule has 1 aliphatic rings. The normalized spacial score (nSPS) is 26.1. The molecule has 0 spiro atoms. The van der Waals surface area contributed by atoms with Crippen molar-refractivity contribution in [2.45, 2.75) is 36.3 Å². The van der Waals surface area contributed by atoms with Gasteiger partial charge in [-0.3, -0.25) is 0 Å². The van der Waals surface area contributed by atoms with Gasteiger partial charge in [0.1, 0.15) is 30.0 Å². The number of rotatable bonds is 7. The lowest BCUT2D eigenvalue weighted by Gasteiger charge is -2.42. The summed E-state index contributed by atoms with van der Waals surface area (Å²) in [5.74, 6) is 0. The third-order valence-corrected chi connectivity index (χ3v) is 5.91. The van der Waals surface area contributed by atoms with E-state index in [9.17, 15) is 15.3 Å². The van der Waals surface area contributed by atoms with Crippen LogP contribution in [0.25, 0.3) is 0 Å². The van der Waals surface area contributed by atoms with Crippen LogP contribution in [0.5, 0.6) is 0 Å². The van der Waals surface area contributed by atoms with Crippen molar-refractivity contribution in [3.05, 3.63) is 108 Å². The predicted molar refractivity (Wildman–Crippen MR) is 119 cm³/mol. The van der Waals surface area contributed by atoms with E-state index in [4.69, 9.17) is 14.2 Å². The molecule has 32 heavy (non-hydrogen) atoms.